The lowest BCUT2D eigenvalue weighted by atomic mass is 10.2. The van der Waals surface area contributed by atoms with Crippen molar-refractivity contribution in [2.75, 3.05) is 11.8 Å². The zero-order valence-electron chi connectivity index (χ0n) is 13.4. The summed E-state index contributed by atoms with van der Waals surface area (Å²) in [6.07, 6.45) is 3.26. The van der Waals surface area contributed by atoms with Gasteiger partial charge in [0.05, 0.1) is 29.8 Å². The molecule has 6 nitrogen and oxygen atoms in total. The van der Waals surface area contributed by atoms with E-state index in [1.54, 1.807) is 47.4 Å². The van der Waals surface area contributed by atoms with E-state index in [4.69, 9.17) is 16.3 Å². The molecule has 0 spiro atoms. The third-order valence-electron chi connectivity index (χ3n) is 3.50. The first kappa shape index (κ1) is 17.3. The maximum Gasteiger partial charge on any atom is 0.261 e. The molecule has 0 aliphatic heterocycles. The number of halogens is 1. The topological polar surface area (TPSA) is 73.2 Å². The van der Waals surface area contributed by atoms with Gasteiger partial charge in [0.2, 0.25) is 0 Å². The highest BCUT2D eigenvalue weighted by atomic mass is 35.5. The molecule has 0 unspecified atom stereocenters. The molecule has 8 heteroatoms. The number of methoxy groups -OCH3 is 1. The Morgan fingerprint density at radius 3 is 2.60 bits per heavy atom. The van der Waals surface area contributed by atoms with Crippen LogP contribution in [-0.2, 0) is 16.6 Å². The van der Waals surface area contributed by atoms with Gasteiger partial charge in [-0.15, -0.1) is 0 Å². The predicted molar refractivity (Wildman–Crippen MR) is 96.6 cm³/mol. The smallest absolute Gasteiger partial charge is 0.261 e. The second-order valence-corrected chi connectivity index (χ2v) is 7.46. The Kier molecular flexibility index (Phi) is 4.96. The third kappa shape index (κ3) is 4.32. The number of ether oxygens (including phenoxy) is 1. The number of nitrogens with one attached hydrogen (secondary N) is 1. The molecule has 0 fully saturated rings. The molecule has 1 heterocycles. The second kappa shape index (κ2) is 7.16. The molecule has 2 aromatic carbocycles. The maximum absolute atomic E-state index is 12.5. The van der Waals surface area contributed by atoms with Crippen LogP contribution < -0.4 is 9.46 Å². The van der Waals surface area contributed by atoms with Gasteiger partial charge in [-0.05, 0) is 42.0 Å². The number of aromatic nitrogens is 2. The Balaban J connectivity index is 1.78. The largest absolute Gasteiger partial charge is 0.497 e. The van der Waals surface area contributed by atoms with Crippen LogP contribution in [0, 0.1) is 0 Å². The van der Waals surface area contributed by atoms with Crippen molar-refractivity contribution in [1.82, 2.24) is 9.78 Å². The first-order chi connectivity index (χ1) is 12.0. The summed E-state index contributed by atoms with van der Waals surface area (Å²) < 4.78 is 34.3. The molecule has 0 saturated heterocycles. The van der Waals surface area contributed by atoms with Crippen LogP contribution >= 0.6 is 11.6 Å². The van der Waals surface area contributed by atoms with Gasteiger partial charge < -0.3 is 4.74 Å². The Hall–Kier alpha value is -2.51. The summed E-state index contributed by atoms with van der Waals surface area (Å²) in [5.41, 5.74) is 1.38. The molecular weight excluding hydrogens is 362 g/mol. The van der Waals surface area contributed by atoms with Crippen LogP contribution in [-0.4, -0.2) is 25.3 Å². The number of sulfonamides is 1. The monoisotopic (exact) mass is 377 g/mol. The third-order valence-corrected chi connectivity index (χ3v) is 5.09. The summed E-state index contributed by atoms with van der Waals surface area (Å²) in [4.78, 5) is 0.164. The standard InChI is InChI=1S/C17H16ClN3O3S/c1-24-16-5-7-17(8-6-16)25(22,23)20-15-4-2-3-13(9-15)11-21-12-14(18)10-19-21/h2-10,12,20H,11H2,1H3. The summed E-state index contributed by atoms with van der Waals surface area (Å²) in [6, 6.07) is 13.3. The number of nitrogens with zero attached hydrogens (tertiary/aromatic N) is 2. The van der Waals surface area contributed by atoms with E-state index in [0.29, 0.717) is 23.0 Å². The molecular formula is C17H16ClN3O3S. The normalized spacial score (nSPS) is 11.3. The minimum Gasteiger partial charge on any atom is -0.497 e. The molecule has 3 aromatic rings. The van der Waals surface area contributed by atoms with Gasteiger partial charge in [0.15, 0.2) is 0 Å². The molecule has 25 heavy (non-hydrogen) atoms. The van der Waals surface area contributed by atoms with Crippen molar-refractivity contribution in [2.45, 2.75) is 11.4 Å². The van der Waals surface area contributed by atoms with Crippen LogP contribution in [0.25, 0.3) is 0 Å². The molecule has 0 atom stereocenters. The molecule has 1 N–H and O–H groups in total. The number of anilines is 1. The minimum atomic E-state index is -3.67. The lowest BCUT2D eigenvalue weighted by molar-refractivity contribution is 0.414. The van der Waals surface area contributed by atoms with Gasteiger partial charge >= 0.3 is 0 Å². The summed E-state index contributed by atoms with van der Waals surface area (Å²) in [5, 5.41) is 4.67. The highest BCUT2D eigenvalue weighted by molar-refractivity contribution is 7.92. The van der Waals surface area contributed by atoms with Crippen molar-refractivity contribution in [1.29, 1.82) is 0 Å². The van der Waals surface area contributed by atoms with Gasteiger partial charge in [0.1, 0.15) is 5.75 Å². The maximum atomic E-state index is 12.5. The second-order valence-electron chi connectivity index (χ2n) is 5.34. The summed E-state index contributed by atoms with van der Waals surface area (Å²) in [7, 11) is -2.15. The SMILES string of the molecule is COc1ccc(S(=O)(=O)Nc2cccc(Cn3cc(Cl)cn3)c2)cc1. The van der Waals surface area contributed by atoms with Crippen molar-refractivity contribution in [2.24, 2.45) is 0 Å². The van der Waals surface area contributed by atoms with Gasteiger partial charge in [0.25, 0.3) is 10.0 Å². The minimum absolute atomic E-state index is 0.164. The molecule has 1 aromatic heterocycles. The Morgan fingerprint density at radius 1 is 1.20 bits per heavy atom. The van der Waals surface area contributed by atoms with E-state index in [1.807, 2.05) is 6.07 Å². The van der Waals surface area contributed by atoms with E-state index in [-0.39, 0.29) is 4.90 Å². The summed E-state index contributed by atoms with van der Waals surface area (Å²) in [5.74, 6) is 0.596. The van der Waals surface area contributed by atoms with E-state index in [0.717, 1.165) is 5.56 Å². The van der Waals surface area contributed by atoms with Crippen LogP contribution in [0.1, 0.15) is 5.56 Å². The Morgan fingerprint density at radius 2 is 1.96 bits per heavy atom. The molecule has 3 rings (SSSR count). The van der Waals surface area contributed by atoms with E-state index in [9.17, 15) is 8.42 Å². The highest BCUT2D eigenvalue weighted by Gasteiger charge is 2.14. The van der Waals surface area contributed by atoms with Crippen LogP contribution in [0.4, 0.5) is 5.69 Å². The van der Waals surface area contributed by atoms with Crippen molar-refractivity contribution >= 4 is 27.3 Å². The summed E-state index contributed by atoms with van der Waals surface area (Å²) >= 11 is 5.85. The quantitative estimate of drug-likeness (QED) is 0.714. The average molecular weight is 378 g/mol. The number of hydrogen-bond donors (Lipinski definition) is 1. The molecule has 0 bridgehead atoms. The number of rotatable bonds is 6. The first-order valence-corrected chi connectivity index (χ1v) is 9.26. The predicted octanol–water partition coefficient (Wildman–Crippen LogP) is 3.39. The molecule has 0 amide bonds. The zero-order chi connectivity index (χ0) is 17.9. The lowest BCUT2D eigenvalue weighted by Crippen LogP contribution is -2.13. The molecule has 0 radical (unpaired) electrons. The van der Waals surface area contributed by atoms with E-state index < -0.39 is 10.0 Å². The zero-order valence-corrected chi connectivity index (χ0v) is 15.0. The van der Waals surface area contributed by atoms with Crippen LogP contribution in [0.3, 0.4) is 0 Å². The summed E-state index contributed by atoms with van der Waals surface area (Å²) in [6.45, 7) is 0.491. The van der Waals surface area contributed by atoms with Gasteiger partial charge in [0, 0.05) is 11.9 Å². The fourth-order valence-corrected chi connectivity index (χ4v) is 3.52. The molecule has 0 saturated carbocycles. The lowest BCUT2D eigenvalue weighted by Gasteiger charge is -2.10. The van der Waals surface area contributed by atoms with Crippen LogP contribution in [0.15, 0.2) is 65.8 Å². The van der Waals surface area contributed by atoms with E-state index in [2.05, 4.69) is 9.82 Å². The van der Waals surface area contributed by atoms with Gasteiger partial charge in [-0.25, -0.2) is 8.42 Å². The first-order valence-electron chi connectivity index (χ1n) is 7.40. The number of hydrogen-bond acceptors (Lipinski definition) is 4. The molecule has 0 aliphatic rings. The fraction of sp³-hybridized carbons (Fsp3) is 0.118. The Labute approximate surface area is 151 Å². The van der Waals surface area contributed by atoms with Crippen molar-refractivity contribution in [3.05, 3.63) is 71.5 Å². The van der Waals surface area contributed by atoms with Crippen molar-refractivity contribution in [3.63, 3.8) is 0 Å². The van der Waals surface area contributed by atoms with Crippen molar-refractivity contribution in [3.8, 4) is 5.75 Å². The Bertz CT molecular complexity index is 969. The van der Waals surface area contributed by atoms with Crippen LogP contribution in [0.2, 0.25) is 5.02 Å². The fourth-order valence-electron chi connectivity index (χ4n) is 2.31. The van der Waals surface area contributed by atoms with E-state index in [1.165, 1.54) is 19.2 Å². The van der Waals surface area contributed by atoms with Gasteiger partial charge in [-0.1, -0.05) is 23.7 Å². The van der Waals surface area contributed by atoms with Crippen LogP contribution in [0.5, 0.6) is 5.75 Å². The highest BCUT2D eigenvalue weighted by Crippen LogP contribution is 2.20. The van der Waals surface area contributed by atoms with Gasteiger partial charge in [-0.2, -0.15) is 5.10 Å². The number of benzene rings is 2. The molecule has 130 valence electrons. The average Bonchev–Trinajstić information content (AvgIpc) is 2.99. The molecule has 0 aliphatic carbocycles. The van der Waals surface area contributed by atoms with Gasteiger partial charge in [-0.3, -0.25) is 9.40 Å². The van der Waals surface area contributed by atoms with E-state index >= 15 is 0 Å². The van der Waals surface area contributed by atoms with Crippen molar-refractivity contribution < 1.29 is 13.2 Å².